The van der Waals surface area contributed by atoms with E-state index in [1.165, 1.54) is 13.0 Å². The Morgan fingerprint density at radius 2 is 2.00 bits per heavy atom. The van der Waals surface area contributed by atoms with Gasteiger partial charge in [0.2, 0.25) is 0 Å². The second-order valence-electron chi connectivity index (χ2n) is 5.94. The zero-order valence-corrected chi connectivity index (χ0v) is 12.2. The highest BCUT2D eigenvalue weighted by atomic mass is 16.5. The molecule has 0 bridgehead atoms. The summed E-state index contributed by atoms with van der Waals surface area (Å²) < 4.78 is 5.56. The van der Waals surface area contributed by atoms with E-state index in [1.54, 1.807) is 0 Å². The number of rotatable bonds is 6. The van der Waals surface area contributed by atoms with Crippen molar-refractivity contribution < 1.29 is 4.74 Å². The van der Waals surface area contributed by atoms with Crippen molar-refractivity contribution in [2.45, 2.75) is 46.3 Å². The molecule has 1 N–H and O–H groups in total. The second-order valence-corrected chi connectivity index (χ2v) is 5.94. The molecule has 1 fully saturated rings. The van der Waals surface area contributed by atoms with E-state index in [2.05, 4.69) is 37.9 Å². The van der Waals surface area contributed by atoms with Gasteiger partial charge in [0, 0.05) is 26.2 Å². The van der Waals surface area contributed by atoms with Gasteiger partial charge in [-0.1, -0.05) is 20.8 Å². The minimum absolute atomic E-state index is 0.413. The Hall–Kier alpha value is -0.120. The van der Waals surface area contributed by atoms with Gasteiger partial charge in [0.25, 0.3) is 0 Å². The van der Waals surface area contributed by atoms with Crippen LogP contribution >= 0.6 is 0 Å². The minimum atomic E-state index is 0.413. The highest BCUT2D eigenvalue weighted by Crippen LogP contribution is 2.20. The van der Waals surface area contributed by atoms with Crippen LogP contribution in [0.3, 0.4) is 0 Å². The molecule has 3 atom stereocenters. The van der Waals surface area contributed by atoms with Crippen molar-refractivity contribution in [3.63, 3.8) is 0 Å². The van der Waals surface area contributed by atoms with Gasteiger partial charge in [0.1, 0.15) is 0 Å². The summed E-state index contributed by atoms with van der Waals surface area (Å²) in [7, 11) is 1.84. The lowest BCUT2D eigenvalue weighted by Crippen LogP contribution is -2.50. The first-order valence-corrected chi connectivity index (χ1v) is 7.02. The van der Waals surface area contributed by atoms with Gasteiger partial charge in [-0.25, -0.2) is 0 Å². The van der Waals surface area contributed by atoms with Crippen LogP contribution in [0.5, 0.6) is 0 Å². The maximum absolute atomic E-state index is 5.56. The Balaban J connectivity index is 2.29. The number of methoxy groups -OCH3 is 1. The number of hydrogen-bond acceptors (Lipinski definition) is 3. The summed E-state index contributed by atoms with van der Waals surface area (Å²) in [5.41, 5.74) is 0. The van der Waals surface area contributed by atoms with Crippen LogP contribution in [0, 0.1) is 11.8 Å². The van der Waals surface area contributed by atoms with Crippen molar-refractivity contribution in [2.24, 2.45) is 11.8 Å². The smallest absolute Gasteiger partial charge is 0.0724 e. The molecule has 1 saturated heterocycles. The van der Waals surface area contributed by atoms with Gasteiger partial charge >= 0.3 is 0 Å². The van der Waals surface area contributed by atoms with Crippen molar-refractivity contribution in [2.75, 3.05) is 33.3 Å². The van der Waals surface area contributed by atoms with E-state index >= 15 is 0 Å². The monoisotopic (exact) mass is 242 g/mol. The van der Waals surface area contributed by atoms with E-state index in [0.717, 1.165) is 25.6 Å². The first-order chi connectivity index (χ1) is 8.04. The van der Waals surface area contributed by atoms with Gasteiger partial charge in [-0.15, -0.1) is 0 Å². The molecule has 1 aliphatic heterocycles. The van der Waals surface area contributed by atoms with Crippen molar-refractivity contribution >= 4 is 0 Å². The molecule has 0 aromatic rings. The molecule has 1 heterocycles. The van der Waals surface area contributed by atoms with Crippen LogP contribution < -0.4 is 5.32 Å². The molecule has 0 spiro atoms. The van der Waals surface area contributed by atoms with Gasteiger partial charge < -0.3 is 10.1 Å². The van der Waals surface area contributed by atoms with Crippen molar-refractivity contribution in [1.29, 1.82) is 0 Å². The first kappa shape index (κ1) is 14.9. The highest BCUT2D eigenvalue weighted by molar-refractivity contribution is 4.82. The molecule has 3 nitrogen and oxygen atoms in total. The van der Waals surface area contributed by atoms with Gasteiger partial charge in [-0.3, -0.25) is 4.90 Å². The summed E-state index contributed by atoms with van der Waals surface area (Å²) in [4.78, 5) is 2.56. The van der Waals surface area contributed by atoms with E-state index in [1.807, 2.05) is 7.11 Å². The zero-order chi connectivity index (χ0) is 12.8. The number of nitrogens with zero attached hydrogens (tertiary/aromatic N) is 1. The second kappa shape index (κ2) is 7.34. The zero-order valence-electron chi connectivity index (χ0n) is 12.2. The van der Waals surface area contributed by atoms with Crippen LogP contribution in [-0.2, 0) is 4.74 Å². The average Bonchev–Trinajstić information content (AvgIpc) is 2.29. The summed E-state index contributed by atoms with van der Waals surface area (Å²) in [6, 6.07) is 0.610. The molecule has 0 radical (unpaired) electrons. The molecule has 3 unspecified atom stereocenters. The predicted octanol–water partition coefficient (Wildman–Crippen LogP) is 1.98. The summed E-state index contributed by atoms with van der Waals surface area (Å²) in [5, 5.41) is 3.54. The maximum Gasteiger partial charge on any atom is 0.0724 e. The van der Waals surface area contributed by atoms with Gasteiger partial charge in [-0.2, -0.15) is 0 Å². The quantitative estimate of drug-likeness (QED) is 0.771. The third kappa shape index (κ3) is 4.94. The molecule has 3 heteroatoms. The van der Waals surface area contributed by atoms with Crippen LogP contribution in [0.15, 0.2) is 0 Å². The Morgan fingerprint density at radius 1 is 1.29 bits per heavy atom. The fourth-order valence-corrected chi connectivity index (χ4v) is 2.47. The molecule has 0 amide bonds. The predicted molar refractivity (Wildman–Crippen MR) is 73.3 cm³/mol. The van der Waals surface area contributed by atoms with Crippen LogP contribution in [0.1, 0.15) is 34.1 Å². The lowest BCUT2D eigenvalue weighted by Gasteiger charge is -2.39. The highest BCUT2D eigenvalue weighted by Gasteiger charge is 2.28. The third-order valence-electron chi connectivity index (χ3n) is 3.84. The number of nitrogens with one attached hydrogen (secondary N) is 1. The topological polar surface area (TPSA) is 24.5 Å². The fraction of sp³-hybridized carbons (Fsp3) is 1.00. The standard InChI is InChI=1S/C14H30N2O/c1-11(2)8-15-9-13(4)16-7-6-12(3)14(10-16)17-5/h11-15H,6-10H2,1-5H3. The number of ether oxygens (including phenoxy) is 1. The molecule has 102 valence electrons. The molecule has 17 heavy (non-hydrogen) atoms. The average molecular weight is 242 g/mol. The lowest BCUT2D eigenvalue weighted by molar-refractivity contribution is -0.0164. The molecular weight excluding hydrogens is 212 g/mol. The summed E-state index contributed by atoms with van der Waals surface area (Å²) in [6.45, 7) is 13.6. The summed E-state index contributed by atoms with van der Waals surface area (Å²) >= 11 is 0. The Morgan fingerprint density at radius 3 is 2.59 bits per heavy atom. The first-order valence-electron chi connectivity index (χ1n) is 7.02. The SMILES string of the molecule is COC1CN(C(C)CNCC(C)C)CCC1C. The van der Waals surface area contributed by atoms with E-state index in [9.17, 15) is 0 Å². The number of piperidine rings is 1. The van der Waals surface area contributed by atoms with Crippen LogP contribution in [0.2, 0.25) is 0 Å². The Kier molecular flexibility index (Phi) is 6.45. The lowest BCUT2D eigenvalue weighted by atomic mass is 9.95. The summed E-state index contributed by atoms with van der Waals surface area (Å²) in [6.07, 6.45) is 1.67. The molecule has 0 aromatic carbocycles. The Labute approximate surface area is 107 Å². The van der Waals surface area contributed by atoms with E-state index in [4.69, 9.17) is 4.74 Å². The van der Waals surface area contributed by atoms with Crippen LogP contribution in [0.4, 0.5) is 0 Å². The minimum Gasteiger partial charge on any atom is -0.380 e. The molecular formula is C14H30N2O. The van der Waals surface area contributed by atoms with E-state index in [-0.39, 0.29) is 0 Å². The van der Waals surface area contributed by atoms with Gasteiger partial charge in [-0.05, 0) is 38.3 Å². The number of likely N-dealkylation sites (tertiary alicyclic amines) is 1. The Bertz CT molecular complexity index is 208. The molecule has 0 aliphatic carbocycles. The van der Waals surface area contributed by atoms with Crippen molar-refractivity contribution in [3.05, 3.63) is 0 Å². The van der Waals surface area contributed by atoms with Crippen molar-refractivity contribution in [1.82, 2.24) is 10.2 Å². The van der Waals surface area contributed by atoms with Gasteiger partial charge in [0.15, 0.2) is 0 Å². The van der Waals surface area contributed by atoms with Gasteiger partial charge in [0.05, 0.1) is 6.10 Å². The molecule has 0 saturated carbocycles. The van der Waals surface area contributed by atoms with E-state index < -0.39 is 0 Å². The van der Waals surface area contributed by atoms with E-state index in [0.29, 0.717) is 18.1 Å². The molecule has 1 aliphatic rings. The molecule has 1 rings (SSSR count). The van der Waals surface area contributed by atoms with Crippen molar-refractivity contribution in [3.8, 4) is 0 Å². The molecule has 0 aromatic heterocycles. The number of hydrogen-bond donors (Lipinski definition) is 1. The van der Waals surface area contributed by atoms with Crippen LogP contribution in [0.25, 0.3) is 0 Å². The summed E-state index contributed by atoms with van der Waals surface area (Å²) in [5.74, 6) is 1.43. The maximum atomic E-state index is 5.56. The van der Waals surface area contributed by atoms with Crippen LogP contribution in [-0.4, -0.2) is 50.3 Å². The largest absolute Gasteiger partial charge is 0.380 e. The fourth-order valence-electron chi connectivity index (χ4n) is 2.47. The third-order valence-corrected chi connectivity index (χ3v) is 3.84. The normalized spacial score (nSPS) is 28.6.